The predicted molar refractivity (Wildman–Crippen MR) is 93.7 cm³/mol. The number of aliphatic hydroxyl groups is 1. The minimum absolute atomic E-state index is 0.444. The first-order chi connectivity index (χ1) is 12.4. The van der Waals surface area contributed by atoms with Gasteiger partial charge in [0.2, 0.25) is 0 Å². The average Bonchev–Trinajstić information content (AvgIpc) is 2.62. The highest BCUT2D eigenvalue weighted by atomic mass is 17.0. The minimum Gasteiger partial charge on any atom is -0.478 e. The van der Waals surface area contributed by atoms with Crippen LogP contribution in [-0.2, 0) is 16.0 Å². The third kappa shape index (κ3) is 5.52. The first-order valence-electron chi connectivity index (χ1n) is 7.59. The number of nitrogens with zero attached hydrogens (tertiary/aromatic N) is 1. The number of hydrogen-bond acceptors (Lipinski definition) is 7. The fraction of sp³-hybridized carbons (Fsp3) is 0.235. The molecular formula is C17H20N2O7. The number of aromatic nitrogens is 1. The van der Waals surface area contributed by atoms with Crippen LogP contribution in [0.15, 0.2) is 36.4 Å². The predicted octanol–water partition coefficient (Wildman–Crippen LogP) is 1.92. The van der Waals surface area contributed by atoms with E-state index in [9.17, 15) is 14.7 Å². The number of carboxylic acids is 2. The van der Waals surface area contributed by atoms with Crippen molar-refractivity contribution < 1.29 is 35.4 Å². The molecule has 26 heavy (non-hydrogen) atoms. The monoisotopic (exact) mass is 364 g/mol. The number of carbonyl (C=O) groups is 2. The molecule has 1 unspecified atom stereocenters. The van der Waals surface area contributed by atoms with Gasteiger partial charge in [0, 0.05) is 34.5 Å². The summed E-state index contributed by atoms with van der Waals surface area (Å²) < 4.78 is 0. The second-order valence-corrected chi connectivity index (χ2v) is 5.32. The molecule has 1 aromatic carbocycles. The Bertz CT molecular complexity index is 789. The fourth-order valence-electron chi connectivity index (χ4n) is 2.62. The van der Waals surface area contributed by atoms with Crippen LogP contribution in [0.25, 0.3) is 10.9 Å². The van der Waals surface area contributed by atoms with Crippen LogP contribution in [0.1, 0.15) is 30.2 Å². The van der Waals surface area contributed by atoms with Gasteiger partial charge in [-0.1, -0.05) is 18.2 Å². The molecule has 0 aliphatic heterocycles. The van der Waals surface area contributed by atoms with E-state index in [2.05, 4.69) is 4.98 Å². The van der Waals surface area contributed by atoms with E-state index < -0.39 is 18.0 Å². The summed E-state index contributed by atoms with van der Waals surface area (Å²) >= 11 is 0. The van der Waals surface area contributed by atoms with Crippen molar-refractivity contribution in [2.24, 2.45) is 0 Å². The fourth-order valence-corrected chi connectivity index (χ4v) is 2.62. The Balaban J connectivity index is 0.000000290. The van der Waals surface area contributed by atoms with Crippen LogP contribution in [0, 0.1) is 0 Å². The molecule has 2 aromatic rings. The van der Waals surface area contributed by atoms with E-state index >= 15 is 0 Å². The SMILES string of the molecule is Nc1c2c(nc3ccccc13)CCCC2O.O=C(O)/C=C\C(=O)O.OO. The van der Waals surface area contributed by atoms with Crippen molar-refractivity contribution in [3.8, 4) is 0 Å². The Morgan fingerprint density at radius 3 is 2.27 bits per heavy atom. The number of fused-ring (bicyclic) bond motifs is 2. The Morgan fingerprint density at radius 2 is 1.69 bits per heavy atom. The molecular weight excluding hydrogens is 344 g/mol. The summed E-state index contributed by atoms with van der Waals surface area (Å²) in [7, 11) is 0. The summed E-state index contributed by atoms with van der Waals surface area (Å²) in [6, 6.07) is 7.83. The third-order valence-corrected chi connectivity index (χ3v) is 3.64. The number of nitrogens with two attached hydrogens (primary N) is 1. The lowest BCUT2D eigenvalue weighted by Crippen LogP contribution is -2.14. The van der Waals surface area contributed by atoms with E-state index in [1.165, 1.54) is 0 Å². The van der Waals surface area contributed by atoms with Crippen molar-refractivity contribution in [2.45, 2.75) is 25.4 Å². The second-order valence-electron chi connectivity index (χ2n) is 5.32. The molecule has 1 heterocycles. The van der Waals surface area contributed by atoms with Crippen LogP contribution in [0.3, 0.4) is 0 Å². The van der Waals surface area contributed by atoms with Gasteiger partial charge in [0.25, 0.3) is 0 Å². The summed E-state index contributed by atoms with van der Waals surface area (Å²) in [5.74, 6) is -2.51. The van der Waals surface area contributed by atoms with Crippen molar-refractivity contribution >= 4 is 28.5 Å². The number of nitrogen functional groups attached to an aromatic ring is 1. The van der Waals surface area contributed by atoms with Crippen molar-refractivity contribution in [3.63, 3.8) is 0 Å². The molecule has 0 radical (unpaired) electrons. The summed E-state index contributed by atoms with van der Waals surface area (Å²) in [6.45, 7) is 0. The van der Waals surface area contributed by atoms with Crippen molar-refractivity contribution in [3.05, 3.63) is 47.7 Å². The number of benzene rings is 1. The van der Waals surface area contributed by atoms with Crippen LogP contribution in [-0.4, -0.2) is 42.8 Å². The molecule has 1 atom stereocenters. The third-order valence-electron chi connectivity index (χ3n) is 3.64. The number of aliphatic carboxylic acids is 2. The molecule has 0 bridgehead atoms. The molecule has 140 valence electrons. The number of carboxylic acid groups (broad SMARTS) is 2. The Morgan fingerprint density at radius 1 is 1.12 bits per heavy atom. The van der Waals surface area contributed by atoms with E-state index in [1.807, 2.05) is 24.3 Å². The van der Waals surface area contributed by atoms with Gasteiger partial charge in [-0.15, -0.1) is 0 Å². The van der Waals surface area contributed by atoms with E-state index in [4.69, 9.17) is 26.5 Å². The standard InChI is InChI=1S/C13H14N2O.C4H4O4.H2O2/c14-13-8-4-1-2-5-9(8)15-10-6-3-7-11(16)12(10)13;5-3(6)1-2-4(7)8;1-2/h1-2,4-5,11,16H,3,6-7H2,(H2,14,15);1-2H,(H,5,6)(H,7,8);1-2H/b;2-1-;. The van der Waals surface area contributed by atoms with Crippen LogP contribution in [0.2, 0.25) is 0 Å². The van der Waals surface area contributed by atoms with Gasteiger partial charge in [-0.3, -0.25) is 15.5 Å². The summed E-state index contributed by atoms with van der Waals surface area (Å²) in [5.41, 5.74) is 9.58. The molecule has 3 rings (SSSR count). The molecule has 1 aliphatic rings. The van der Waals surface area contributed by atoms with Gasteiger partial charge >= 0.3 is 11.9 Å². The number of hydrogen-bond donors (Lipinski definition) is 6. The van der Waals surface area contributed by atoms with Gasteiger partial charge in [-0.2, -0.15) is 0 Å². The van der Waals surface area contributed by atoms with E-state index in [-0.39, 0.29) is 0 Å². The molecule has 0 fully saturated rings. The van der Waals surface area contributed by atoms with Gasteiger partial charge < -0.3 is 21.1 Å². The molecule has 7 N–H and O–H groups in total. The second kappa shape index (κ2) is 10.1. The van der Waals surface area contributed by atoms with Gasteiger partial charge in [0.1, 0.15) is 0 Å². The van der Waals surface area contributed by atoms with E-state index in [1.54, 1.807) is 0 Å². The number of pyridine rings is 1. The van der Waals surface area contributed by atoms with Crippen LogP contribution in [0.5, 0.6) is 0 Å². The maximum absolute atomic E-state index is 9.98. The maximum atomic E-state index is 9.98. The molecule has 9 nitrogen and oxygen atoms in total. The Kier molecular flexibility index (Phi) is 8.16. The first kappa shape index (κ1) is 21.0. The van der Waals surface area contributed by atoms with Crippen molar-refractivity contribution in [1.29, 1.82) is 0 Å². The summed E-state index contributed by atoms with van der Waals surface area (Å²) in [5, 5.41) is 38.6. The highest BCUT2D eigenvalue weighted by molar-refractivity contribution is 5.92. The lowest BCUT2D eigenvalue weighted by Gasteiger charge is -2.23. The number of aliphatic hydroxyl groups excluding tert-OH is 1. The van der Waals surface area contributed by atoms with Gasteiger partial charge in [-0.05, 0) is 25.3 Å². The lowest BCUT2D eigenvalue weighted by molar-refractivity contribution is -0.176. The molecule has 1 aliphatic carbocycles. The zero-order valence-electron chi connectivity index (χ0n) is 13.7. The van der Waals surface area contributed by atoms with Crippen LogP contribution >= 0.6 is 0 Å². The topological polar surface area (TPSA) is 174 Å². The lowest BCUT2D eigenvalue weighted by atomic mass is 9.90. The van der Waals surface area contributed by atoms with Crippen molar-refractivity contribution in [2.75, 3.05) is 5.73 Å². The van der Waals surface area contributed by atoms with E-state index in [0.29, 0.717) is 17.8 Å². The molecule has 0 saturated heterocycles. The quantitative estimate of drug-likeness (QED) is 0.264. The normalized spacial score (nSPS) is 15.3. The molecule has 0 saturated carbocycles. The largest absolute Gasteiger partial charge is 0.478 e. The van der Waals surface area contributed by atoms with Gasteiger partial charge in [0.15, 0.2) is 0 Å². The molecule has 0 spiro atoms. The van der Waals surface area contributed by atoms with Crippen molar-refractivity contribution in [1.82, 2.24) is 4.98 Å². The van der Waals surface area contributed by atoms with Crippen LogP contribution < -0.4 is 5.73 Å². The Labute approximate surface area is 148 Å². The summed E-state index contributed by atoms with van der Waals surface area (Å²) in [4.78, 5) is 23.7. The number of rotatable bonds is 2. The summed E-state index contributed by atoms with van der Waals surface area (Å²) in [6.07, 6.45) is 3.36. The molecule has 0 amide bonds. The highest BCUT2D eigenvalue weighted by Gasteiger charge is 2.23. The number of para-hydroxylation sites is 1. The zero-order chi connectivity index (χ0) is 19.7. The first-order valence-corrected chi connectivity index (χ1v) is 7.59. The molecule has 9 heteroatoms. The molecule has 1 aromatic heterocycles. The zero-order valence-corrected chi connectivity index (χ0v) is 13.7. The smallest absolute Gasteiger partial charge is 0.328 e. The van der Waals surface area contributed by atoms with Crippen LogP contribution in [0.4, 0.5) is 5.69 Å². The average molecular weight is 364 g/mol. The highest BCUT2D eigenvalue weighted by Crippen LogP contribution is 2.36. The van der Waals surface area contributed by atoms with Gasteiger partial charge in [-0.25, -0.2) is 9.59 Å². The number of anilines is 1. The Hall–Kier alpha value is -3.01. The number of aryl methyl sites for hydroxylation is 1. The minimum atomic E-state index is -1.26. The van der Waals surface area contributed by atoms with E-state index in [0.717, 1.165) is 41.4 Å². The maximum Gasteiger partial charge on any atom is 0.328 e. The van der Waals surface area contributed by atoms with Gasteiger partial charge in [0.05, 0.1) is 11.6 Å².